The molecule has 0 aliphatic rings. The van der Waals surface area contributed by atoms with Crippen molar-refractivity contribution in [3.63, 3.8) is 0 Å². The summed E-state index contributed by atoms with van der Waals surface area (Å²) in [6.45, 7) is 2.75. The Morgan fingerprint density at radius 3 is 2.58 bits per heavy atom. The highest BCUT2D eigenvalue weighted by Crippen LogP contribution is 2.22. The molecule has 2 aromatic rings. The number of hydrogen-bond acceptors (Lipinski definition) is 3. The van der Waals surface area contributed by atoms with Crippen LogP contribution in [0.2, 0.25) is 5.02 Å². The van der Waals surface area contributed by atoms with Crippen molar-refractivity contribution in [1.29, 1.82) is 0 Å². The second-order valence-electron chi connectivity index (χ2n) is 5.69. The van der Waals surface area contributed by atoms with Gasteiger partial charge >= 0.3 is 0 Å². The Bertz CT molecular complexity index is 691. The zero-order valence-corrected chi connectivity index (χ0v) is 15.0. The SMILES string of the molecule is COc1ccccc1CN(C)C(=O)CNC(C)c1ccccc1Cl. The Morgan fingerprint density at radius 1 is 1.21 bits per heavy atom. The van der Waals surface area contributed by atoms with Crippen molar-refractivity contribution >= 4 is 17.5 Å². The second-order valence-corrected chi connectivity index (χ2v) is 6.09. The Kier molecular flexibility index (Phi) is 6.64. The number of carbonyl (C=O) groups is 1. The molecular weight excluding hydrogens is 324 g/mol. The molecule has 0 bridgehead atoms. The minimum Gasteiger partial charge on any atom is -0.496 e. The molecule has 0 aliphatic heterocycles. The maximum absolute atomic E-state index is 12.4. The van der Waals surface area contributed by atoms with Crippen LogP contribution in [0.25, 0.3) is 0 Å². The fourth-order valence-electron chi connectivity index (χ4n) is 2.49. The van der Waals surface area contributed by atoms with E-state index >= 15 is 0 Å². The van der Waals surface area contributed by atoms with Crippen LogP contribution >= 0.6 is 11.6 Å². The van der Waals surface area contributed by atoms with Crippen LogP contribution in [0.3, 0.4) is 0 Å². The molecule has 0 radical (unpaired) electrons. The predicted octanol–water partition coefficient (Wildman–Crippen LogP) is 3.66. The minimum absolute atomic E-state index is 0.00214. The lowest BCUT2D eigenvalue weighted by Gasteiger charge is -2.21. The average molecular weight is 347 g/mol. The molecule has 2 aromatic carbocycles. The molecule has 0 heterocycles. The first-order valence-corrected chi connectivity index (χ1v) is 8.24. The molecule has 128 valence electrons. The Hall–Kier alpha value is -2.04. The number of likely N-dealkylation sites (N-methyl/N-ethyl adjacent to an activating group) is 1. The Balaban J connectivity index is 1.91. The molecule has 1 unspecified atom stereocenters. The van der Waals surface area contributed by atoms with Gasteiger partial charge in [0.2, 0.25) is 5.91 Å². The monoisotopic (exact) mass is 346 g/mol. The standard InChI is InChI=1S/C19H23ClN2O2/c1-14(16-9-5-6-10-17(16)20)21-12-19(23)22(2)13-15-8-4-7-11-18(15)24-3/h4-11,14,21H,12-13H2,1-3H3. The van der Waals surface area contributed by atoms with Crippen molar-refractivity contribution in [1.82, 2.24) is 10.2 Å². The third-order valence-corrected chi connectivity index (χ3v) is 4.30. The van der Waals surface area contributed by atoms with Gasteiger partial charge in [-0.3, -0.25) is 4.79 Å². The predicted molar refractivity (Wildman–Crippen MR) is 97.3 cm³/mol. The average Bonchev–Trinajstić information content (AvgIpc) is 2.60. The van der Waals surface area contributed by atoms with E-state index < -0.39 is 0 Å². The number of benzene rings is 2. The maximum atomic E-state index is 12.4. The minimum atomic E-state index is 0.00214. The van der Waals surface area contributed by atoms with E-state index in [9.17, 15) is 4.79 Å². The number of rotatable bonds is 7. The number of halogens is 1. The summed E-state index contributed by atoms with van der Waals surface area (Å²) in [5, 5.41) is 3.93. The highest BCUT2D eigenvalue weighted by molar-refractivity contribution is 6.31. The number of ether oxygens (including phenoxy) is 1. The van der Waals surface area contributed by atoms with E-state index in [0.717, 1.165) is 16.9 Å². The lowest BCUT2D eigenvalue weighted by Crippen LogP contribution is -2.36. The van der Waals surface area contributed by atoms with Crippen LogP contribution < -0.4 is 10.1 Å². The van der Waals surface area contributed by atoms with E-state index in [1.807, 2.05) is 55.5 Å². The summed E-state index contributed by atoms with van der Waals surface area (Å²) in [6, 6.07) is 15.4. The highest BCUT2D eigenvalue weighted by Gasteiger charge is 2.14. The van der Waals surface area contributed by atoms with Crippen LogP contribution in [0.4, 0.5) is 0 Å². The largest absolute Gasteiger partial charge is 0.496 e. The van der Waals surface area contributed by atoms with Gasteiger partial charge in [0.25, 0.3) is 0 Å². The lowest BCUT2D eigenvalue weighted by molar-refractivity contribution is -0.129. The van der Waals surface area contributed by atoms with Crippen LogP contribution in [0, 0.1) is 0 Å². The first kappa shape index (κ1) is 18.3. The molecule has 1 atom stereocenters. The normalized spacial score (nSPS) is 11.8. The Labute approximate surface area is 148 Å². The third kappa shape index (κ3) is 4.73. The van der Waals surface area contributed by atoms with Gasteiger partial charge in [-0.15, -0.1) is 0 Å². The first-order valence-electron chi connectivity index (χ1n) is 7.86. The molecule has 2 rings (SSSR count). The Morgan fingerprint density at radius 2 is 1.88 bits per heavy atom. The van der Waals surface area contributed by atoms with E-state index in [1.165, 1.54) is 0 Å². The van der Waals surface area contributed by atoms with Gasteiger partial charge in [0, 0.05) is 30.2 Å². The van der Waals surface area contributed by atoms with Crippen LogP contribution in [0.5, 0.6) is 5.75 Å². The smallest absolute Gasteiger partial charge is 0.236 e. The molecule has 1 N–H and O–H groups in total. The number of methoxy groups -OCH3 is 1. The summed E-state index contributed by atoms with van der Waals surface area (Å²) in [7, 11) is 3.42. The van der Waals surface area contributed by atoms with Gasteiger partial charge in [0.05, 0.1) is 13.7 Å². The van der Waals surface area contributed by atoms with Gasteiger partial charge < -0.3 is 15.0 Å². The molecule has 0 fully saturated rings. The van der Waals surface area contributed by atoms with Crippen molar-refractivity contribution in [2.24, 2.45) is 0 Å². The molecule has 5 heteroatoms. The van der Waals surface area contributed by atoms with E-state index in [-0.39, 0.29) is 18.5 Å². The molecule has 4 nitrogen and oxygen atoms in total. The van der Waals surface area contributed by atoms with Gasteiger partial charge in [-0.1, -0.05) is 48.0 Å². The number of para-hydroxylation sites is 1. The van der Waals surface area contributed by atoms with Crippen molar-refractivity contribution in [2.75, 3.05) is 20.7 Å². The zero-order chi connectivity index (χ0) is 17.5. The molecule has 0 saturated heterocycles. The number of nitrogens with zero attached hydrogens (tertiary/aromatic N) is 1. The third-order valence-electron chi connectivity index (χ3n) is 3.96. The van der Waals surface area contributed by atoms with Gasteiger partial charge in [0.1, 0.15) is 5.75 Å². The van der Waals surface area contributed by atoms with Gasteiger partial charge in [-0.25, -0.2) is 0 Å². The maximum Gasteiger partial charge on any atom is 0.236 e. The molecule has 0 aliphatic carbocycles. The van der Waals surface area contributed by atoms with Crippen molar-refractivity contribution < 1.29 is 9.53 Å². The topological polar surface area (TPSA) is 41.6 Å². The van der Waals surface area contributed by atoms with E-state index in [4.69, 9.17) is 16.3 Å². The molecule has 0 saturated carbocycles. The number of nitrogens with one attached hydrogen (secondary N) is 1. The van der Waals surface area contributed by atoms with E-state index in [0.29, 0.717) is 11.6 Å². The summed E-state index contributed by atoms with van der Waals surface area (Å²) in [5.74, 6) is 0.800. The summed E-state index contributed by atoms with van der Waals surface area (Å²) in [4.78, 5) is 14.0. The second kappa shape index (κ2) is 8.71. The van der Waals surface area contributed by atoms with Crippen LogP contribution in [-0.4, -0.2) is 31.5 Å². The van der Waals surface area contributed by atoms with Gasteiger partial charge in [-0.05, 0) is 24.6 Å². The van der Waals surface area contributed by atoms with Gasteiger partial charge in [0.15, 0.2) is 0 Å². The summed E-state index contributed by atoms with van der Waals surface area (Å²) in [6.07, 6.45) is 0. The van der Waals surface area contributed by atoms with Crippen LogP contribution in [0.1, 0.15) is 24.1 Å². The highest BCUT2D eigenvalue weighted by atomic mass is 35.5. The molecule has 0 aromatic heterocycles. The van der Waals surface area contributed by atoms with Gasteiger partial charge in [-0.2, -0.15) is 0 Å². The molecule has 0 spiro atoms. The van der Waals surface area contributed by atoms with Crippen molar-refractivity contribution in [3.05, 3.63) is 64.7 Å². The summed E-state index contributed by atoms with van der Waals surface area (Å²) < 4.78 is 5.33. The lowest BCUT2D eigenvalue weighted by atomic mass is 10.1. The zero-order valence-electron chi connectivity index (χ0n) is 14.3. The van der Waals surface area contributed by atoms with Crippen molar-refractivity contribution in [2.45, 2.75) is 19.5 Å². The fraction of sp³-hybridized carbons (Fsp3) is 0.316. The quantitative estimate of drug-likeness (QED) is 0.832. The first-order chi connectivity index (χ1) is 11.5. The number of amides is 1. The molecule has 24 heavy (non-hydrogen) atoms. The number of hydrogen-bond donors (Lipinski definition) is 1. The van der Waals surface area contributed by atoms with E-state index in [2.05, 4.69) is 5.32 Å². The number of carbonyl (C=O) groups excluding carboxylic acids is 1. The molecule has 1 amide bonds. The van der Waals surface area contributed by atoms with E-state index in [1.54, 1.807) is 19.1 Å². The summed E-state index contributed by atoms with van der Waals surface area (Å²) in [5.41, 5.74) is 1.97. The summed E-state index contributed by atoms with van der Waals surface area (Å²) >= 11 is 6.19. The van der Waals surface area contributed by atoms with Crippen LogP contribution in [-0.2, 0) is 11.3 Å². The molecular formula is C19H23ClN2O2. The fourth-order valence-corrected chi connectivity index (χ4v) is 2.79. The van der Waals surface area contributed by atoms with Crippen LogP contribution in [0.15, 0.2) is 48.5 Å². The van der Waals surface area contributed by atoms with Crippen molar-refractivity contribution in [3.8, 4) is 5.75 Å².